The van der Waals surface area contributed by atoms with E-state index in [-0.39, 0.29) is 11.7 Å². The van der Waals surface area contributed by atoms with Crippen LogP contribution in [-0.2, 0) is 0 Å². The van der Waals surface area contributed by atoms with Crippen LogP contribution in [0, 0.1) is 19.7 Å². The molecule has 2 aromatic heterocycles. The fourth-order valence-corrected chi connectivity index (χ4v) is 2.62. The van der Waals surface area contributed by atoms with Crippen LogP contribution in [0.2, 0.25) is 0 Å². The minimum absolute atomic E-state index is 0.151. The molecule has 7 nitrogen and oxygen atoms in total. The van der Waals surface area contributed by atoms with Crippen molar-refractivity contribution in [3.8, 4) is 28.7 Å². The van der Waals surface area contributed by atoms with Crippen LogP contribution in [0.4, 0.5) is 10.2 Å². The molecule has 0 aliphatic rings. The Kier molecular flexibility index (Phi) is 3.72. The molecule has 0 amide bonds. The van der Waals surface area contributed by atoms with Gasteiger partial charge in [0.15, 0.2) is 11.5 Å². The van der Waals surface area contributed by atoms with Crippen molar-refractivity contribution in [2.45, 2.75) is 13.8 Å². The van der Waals surface area contributed by atoms with Gasteiger partial charge in [0, 0.05) is 5.56 Å². The lowest BCUT2D eigenvalue weighted by Crippen LogP contribution is -2.05. The van der Waals surface area contributed by atoms with E-state index in [0.29, 0.717) is 22.9 Å². The molecule has 2 aromatic carbocycles. The molecule has 8 heteroatoms. The van der Waals surface area contributed by atoms with Gasteiger partial charge in [0.25, 0.3) is 5.89 Å². The predicted octanol–water partition coefficient (Wildman–Crippen LogP) is 3.32. The standard InChI is InChI=1S/C18H15FN6O/c1-10-4-3-5-14(11(10)2)25-16(20)15(22-24-25)18-21-17(23-26-18)12-6-8-13(19)9-7-12/h3-9H,20H2,1-2H3. The van der Waals surface area contributed by atoms with Crippen molar-refractivity contribution in [3.63, 3.8) is 0 Å². The van der Waals surface area contributed by atoms with Gasteiger partial charge in [-0.05, 0) is 55.3 Å². The molecule has 2 N–H and O–H groups in total. The highest BCUT2D eigenvalue weighted by molar-refractivity contribution is 5.66. The SMILES string of the molecule is Cc1cccc(-n2nnc(-c3nc(-c4ccc(F)cc4)no3)c2N)c1C. The quantitative estimate of drug-likeness (QED) is 0.609. The average Bonchev–Trinajstić information content (AvgIpc) is 3.25. The van der Waals surface area contributed by atoms with Gasteiger partial charge in [0.05, 0.1) is 5.69 Å². The summed E-state index contributed by atoms with van der Waals surface area (Å²) in [6.07, 6.45) is 0. The molecule has 0 saturated carbocycles. The van der Waals surface area contributed by atoms with E-state index in [1.807, 2.05) is 32.0 Å². The molecule has 4 rings (SSSR count). The van der Waals surface area contributed by atoms with E-state index in [0.717, 1.165) is 16.8 Å². The number of benzene rings is 2. The largest absolute Gasteiger partial charge is 0.382 e. The highest BCUT2D eigenvalue weighted by Gasteiger charge is 2.20. The molecule has 0 spiro atoms. The first kappa shape index (κ1) is 15.9. The first-order chi connectivity index (χ1) is 12.5. The molecule has 2 heterocycles. The van der Waals surface area contributed by atoms with Crippen molar-refractivity contribution in [1.82, 2.24) is 25.1 Å². The Labute approximate surface area is 148 Å². The first-order valence-electron chi connectivity index (χ1n) is 7.92. The fraction of sp³-hybridized carbons (Fsp3) is 0.111. The van der Waals surface area contributed by atoms with Crippen LogP contribution in [0.5, 0.6) is 0 Å². The molecule has 130 valence electrons. The number of hydrogen-bond acceptors (Lipinski definition) is 6. The van der Waals surface area contributed by atoms with Gasteiger partial charge in [0.1, 0.15) is 5.82 Å². The van der Waals surface area contributed by atoms with Crippen molar-refractivity contribution in [3.05, 3.63) is 59.4 Å². The summed E-state index contributed by atoms with van der Waals surface area (Å²) in [5.74, 6) is 0.435. The molecular weight excluding hydrogens is 335 g/mol. The van der Waals surface area contributed by atoms with E-state index in [4.69, 9.17) is 10.3 Å². The minimum Gasteiger partial charge on any atom is -0.382 e. The molecule has 0 aliphatic heterocycles. The van der Waals surface area contributed by atoms with Crippen LogP contribution in [0.25, 0.3) is 28.7 Å². The Hall–Kier alpha value is -3.55. The number of nitrogens with zero attached hydrogens (tertiary/aromatic N) is 5. The Bertz CT molecular complexity index is 1080. The van der Waals surface area contributed by atoms with Crippen LogP contribution in [0.15, 0.2) is 47.0 Å². The molecule has 0 saturated heterocycles. The smallest absolute Gasteiger partial charge is 0.282 e. The molecule has 0 aliphatic carbocycles. The third kappa shape index (κ3) is 2.61. The number of nitrogens with two attached hydrogens (primary N) is 1. The van der Waals surface area contributed by atoms with Crippen LogP contribution >= 0.6 is 0 Å². The summed E-state index contributed by atoms with van der Waals surface area (Å²) < 4.78 is 19.9. The number of anilines is 1. The average molecular weight is 350 g/mol. The van der Waals surface area contributed by atoms with Gasteiger partial charge >= 0.3 is 0 Å². The number of hydrogen-bond donors (Lipinski definition) is 1. The summed E-state index contributed by atoms with van der Waals surface area (Å²) in [5, 5.41) is 12.1. The third-order valence-corrected chi connectivity index (χ3v) is 4.24. The lowest BCUT2D eigenvalue weighted by Gasteiger charge is -2.08. The van der Waals surface area contributed by atoms with Crippen molar-refractivity contribution < 1.29 is 8.91 Å². The molecule has 0 fully saturated rings. The highest BCUT2D eigenvalue weighted by atomic mass is 19.1. The second-order valence-electron chi connectivity index (χ2n) is 5.88. The summed E-state index contributed by atoms with van der Waals surface area (Å²) in [7, 11) is 0. The monoisotopic (exact) mass is 350 g/mol. The Balaban J connectivity index is 1.73. The summed E-state index contributed by atoms with van der Waals surface area (Å²) >= 11 is 0. The number of rotatable bonds is 3. The van der Waals surface area contributed by atoms with Gasteiger partial charge in [0.2, 0.25) is 5.82 Å². The summed E-state index contributed by atoms with van der Waals surface area (Å²) in [6.45, 7) is 4.00. The number of halogens is 1. The van der Waals surface area contributed by atoms with Crippen molar-refractivity contribution in [2.75, 3.05) is 5.73 Å². The van der Waals surface area contributed by atoms with Crippen LogP contribution in [0.1, 0.15) is 11.1 Å². The summed E-state index contributed by atoms with van der Waals surface area (Å²) in [5.41, 5.74) is 10.1. The van der Waals surface area contributed by atoms with Crippen molar-refractivity contribution >= 4 is 5.82 Å². The van der Waals surface area contributed by atoms with Gasteiger partial charge in [-0.15, -0.1) is 5.10 Å². The Morgan fingerprint density at radius 2 is 1.85 bits per heavy atom. The van der Waals surface area contributed by atoms with E-state index in [1.165, 1.54) is 12.1 Å². The van der Waals surface area contributed by atoms with Crippen LogP contribution < -0.4 is 5.73 Å². The van der Waals surface area contributed by atoms with E-state index in [1.54, 1.807) is 16.8 Å². The highest BCUT2D eigenvalue weighted by Crippen LogP contribution is 2.27. The van der Waals surface area contributed by atoms with Crippen LogP contribution in [-0.4, -0.2) is 25.1 Å². The van der Waals surface area contributed by atoms with E-state index in [9.17, 15) is 4.39 Å². The Morgan fingerprint density at radius 1 is 1.08 bits per heavy atom. The number of aromatic nitrogens is 5. The summed E-state index contributed by atoms with van der Waals surface area (Å²) in [4.78, 5) is 4.29. The minimum atomic E-state index is -0.335. The topological polar surface area (TPSA) is 95.6 Å². The van der Waals surface area contributed by atoms with E-state index < -0.39 is 0 Å². The second-order valence-corrected chi connectivity index (χ2v) is 5.88. The molecule has 0 unspecified atom stereocenters. The molecule has 0 radical (unpaired) electrons. The van der Waals surface area contributed by atoms with E-state index >= 15 is 0 Å². The van der Waals surface area contributed by atoms with Gasteiger partial charge in [-0.1, -0.05) is 22.5 Å². The molecule has 0 atom stereocenters. The number of nitrogen functional groups attached to an aromatic ring is 1. The maximum absolute atomic E-state index is 13.0. The predicted molar refractivity (Wildman–Crippen MR) is 93.9 cm³/mol. The first-order valence-corrected chi connectivity index (χ1v) is 7.92. The zero-order valence-corrected chi connectivity index (χ0v) is 14.1. The maximum atomic E-state index is 13.0. The zero-order chi connectivity index (χ0) is 18.3. The fourth-order valence-electron chi connectivity index (χ4n) is 2.62. The van der Waals surface area contributed by atoms with Crippen molar-refractivity contribution in [2.24, 2.45) is 0 Å². The van der Waals surface area contributed by atoms with Gasteiger partial charge in [-0.3, -0.25) is 0 Å². The van der Waals surface area contributed by atoms with Crippen LogP contribution in [0.3, 0.4) is 0 Å². The third-order valence-electron chi connectivity index (χ3n) is 4.24. The van der Waals surface area contributed by atoms with Gasteiger partial charge < -0.3 is 10.3 Å². The normalized spacial score (nSPS) is 11.0. The zero-order valence-electron chi connectivity index (χ0n) is 14.1. The second kappa shape index (κ2) is 6.07. The maximum Gasteiger partial charge on any atom is 0.282 e. The molecular formula is C18H15FN6O. The van der Waals surface area contributed by atoms with Crippen molar-refractivity contribution in [1.29, 1.82) is 0 Å². The summed E-state index contributed by atoms with van der Waals surface area (Å²) in [6, 6.07) is 11.7. The van der Waals surface area contributed by atoms with E-state index in [2.05, 4.69) is 20.5 Å². The Morgan fingerprint density at radius 3 is 2.62 bits per heavy atom. The molecule has 4 aromatic rings. The molecule has 0 bridgehead atoms. The molecule has 26 heavy (non-hydrogen) atoms. The number of aryl methyl sites for hydroxylation is 1. The van der Waals surface area contributed by atoms with Gasteiger partial charge in [-0.25, -0.2) is 4.39 Å². The lowest BCUT2D eigenvalue weighted by atomic mass is 10.1. The lowest BCUT2D eigenvalue weighted by molar-refractivity contribution is 0.431. The van der Waals surface area contributed by atoms with Gasteiger partial charge in [-0.2, -0.15) is 9.67 Å².